The number of likely N-dealkylation sites (tertiary alicyclic amines) is 1. The number of aliphatic carboxylic acids is 1. The normalized spacial score (nSPS) is 18.7. The SMILES string of the molecule is CC(c1ccc(F)cc1O)N1CC(C(=O)O)C1. The Bertz CT molecular complexity index is 443. The molecule has 17 heavy (non-hydrogen) atoms. The van der Waals surface area contributed by atoms with E-state index < -0.39 is 11.8 Å². The Morgan fingerprint density at radius 3 is 2.71 bits per heavy atom. The third kappa shape index (κ3) is 2.24. The second-order valence-electron chi connectivity index (χ2n) is 4.37. The summed E-state index contributed by atoms with van der Waals surface area (Å²) in [6, 6.07) is 3.79. The lowest BCUT2D eigenvalue weighted by molar-refractivity contribution is -0.148. The van der Waals surface area contributed by atoms with Gasteiger partial charge in [-0.2, -0.15) is 0 Å². The molecule has 0 bridgehead atoms. The summed E-state index contributed by atoms with van der Waals surface area (Å²) < 4.78 is 12.8. The van der Waals surface area contributed by atoms with Crippen molar-refractivity contribution in [1.29, 1.82) is 0 Å². The fourth-order valence-electron chi connectivity index (χ4n) is 2.05. The standard InChI is InChI=1S/C12H14FNO3/c1-7(14-5-8(6-14)12(16)17)10-3-2-9(13)4-11(10)15/h2-4,7-8,15H,5-6H2,1H3,(H,16,17). The molecular weight excluding hydrogens is 225 g/mol. The molecule has 0 radical (unpaired) electrons. The van der Waals surface area contributed by atoms with Crippen molar-refractivity contribution in [2.24, 2.45) is 5.92 Å². The summed E-state index contributed by atoms with van der Waals surface area (Å²) in [6.45, 7) is 2.80. The highest BCUT2D eigenvalue weighted by molar-refractivity contribution is 5.71. The summed E-state index contributed by atoms with van der Waals surface area (Å²) in [7, 11) is 0. The van der Waals surface area contributed by atoms with E-state index >= 15 is 0 Å². The van der Waals surface area contributed by atoms with E-state index in [4.69, 9.17) is 5.11 Å². The van der Waals surface area contributed by atoms with Crippen molar-refractivity contribution in [1.82, 2.24) is 4.90 Å². The van der Waals surface area contributed by atoms with Crippen LogP contribution in [0.3, 0.4) is 0 Å². The van der Waals surface area contributed by atoms with E-state index in [0.29, 0.717) is 18.7 Å². The highest BCUT2D eigenvalue weighted by Gasteiger charge is 2.36. The molecule has 0 saturated carbocycles. The first kappa shape index (κ1) is 11.9. The Labute approximate surface area is 98.3 Å². The third-order valence-corrected chi connectivity index (χ3v) is 3.25. The summed E-state index contributed by atoms with van der Waals surface area (Å²) in [5, 5.41) is 18.4. The maximum atomic E-state index is 12.8. The lowest BCUT2D eigenvalue weighted by Gasteiger charge is -2.41. The number of carbonyl (C=O) groups is 1. The number of phenols is 1. The van der Waals surface area contributed by atoms with Crippen molar-refractivity contribution in [3.63, 3.8) is 0 Å². The van der Waals surface area contributed by atoms with E-state index in [1.54, 1.807) is 0 Å². The first-order valence-corrected chi connectivity index (χ1v) is 5.44. The predicted molar refractivity (Wildman–Crippen MR) is 59.2 cm³/mol. The van der Waals surface area contributed by atoms with Crippen molar-refractivity contribution in [3.05, 3.63) is 29.6 Å². The highest BCUT2D eigenvalue weighted by atomic mass is 19.1. The van der Waals surface area contributed by atoms with Gasteiger partial charge in [0.2, 0.25) is 0 Å². The lowest BCUT2D eigenvalue weighted by atomic mass is 9.95. The number of benzene rings is 1. The third-order valence-electron chi connectivity index (χ3n) is 3.25. The van der Waals surface area contributed by atoms with Crippen LogP contribution in [0.1, 0.15) is 18.5 Å². The van der Waals surface area contributed by atoms with E-state index in [1.807, 2.05) is 11.8 Å². The van der Waals surface area contributed by atoms with E-state index in [0.717, 1.165) is 6.07 Å². The minimum atomic E-state index is -0.795. The molecule has 1 aromatic rings. The van der Waals surface area contributed by atoms with Gasteiger partial charge in [-0.05, 0) is 13.0 Å². The Kier molecular flexibility index (Phi) is 3.02. The van der Waals surface area contributed by atoms with E-state index in [-0.39, 0.29) is 17.7 Å². The average molecular weight is 239 g/mol. The zero-order valence-corrected chi connectivity index (χ0v) is 9.43. The highest BCUT2D eigenvalue weighted by Crippen LogP contribution is 2.33. The van der Waals surface area contributed by atoms with Crippen molar-refractivity contribution >= 4 is 5.97 Å². The molecule has 1 heterocycles. The van der Waals surface area contributed by atoms with Gasteiger partial charge in [0, 0.05) is 30.8 Å². The molecule has 1 unspecified atom stereocenters. The molecular formula is C12H14FNO3. The van der Waals surface area contributed by atoms with Gasteiger partial charge in [-0.25, -0.2) is 4.39 Å². The average Bonchev–Trinajstić information content (AvgIpc) is 2.13. The Morgan fingerprint density at radius 2 is 2.18 bits per heavy atom. The minimum Gasteiger partial charge on any atom is -0.508 e. The van der Waals surface area contributed by atoms with Gasteiger partial charge in [-0.15, -0.1) is 0 Å². The summed E-state index contributed by atoms with van der Waals surface area (Å²) in [5.41, 5.74) is 0.621. The zero-order chi connectivity index (χ0) is 12.6. The van der Waals surface area contributed by atoms with Crippen LogP contribution in [0.2, 0.25) is 0 Å². The smallest absolute Gasteiger partial charge is 0.309 e. The quantitative estimate of drug-likeness (QED) is 0.841. The van der Waals surface area contributed by atoms with Crippen LogP contribution < -0.4 is 0 Å². The van der Waals surface area contributed by atoms with Crippen molar-refractivity contribution < 1.29 is 19.4 Å². The summed E-state index contributed by atoms with van der Waals surface area (Å²) in [4.78, 5) is 12.6. The van der Waals surface area contributed by atoms with E-state index in [2.05, 4.69) is 0 Å². The van der Waals surface area contributed by atoms with Gasteiger partial charge in [0.1, 0.15) is 11.6 Å². The number of rotatable bonds is 3. The molecule has 1 saturated heterocycles. The molecule has 0 aromatic heterocycles. The van der Waals surface area contributed by atoms with Crippen molar-refractivity contribution in [3.8, 4) is 5.75 Å². The Morgan fingerprint density at radius 1 is 1.53 bits per heavy atom. The molecule has 0 spiro atoms. The molecule has 1 aliphatic heterocycles. The lowest BCUT2D eigenvalue weighted by Crippen LogP contribution is -2.51. The number of hydrogen-bond donors (Lipinski definition) is 2. The maximum Gasteiger partial charge on any atom is 0.309 e. The van der Waals surface area contributed by atoms with Gasteiger partial charge >= 0.3 is 5.97 Å². The van der Waals surface area contributed by atoms with Gasteiger partial charge in [0.25, 0.3) is 0 Å². The summed E-state index contributed by atoms with van der Waals surface area (Å²) in [5.74, 6) is -1.70. The number of carboxylic acid groups (broad SMARTS) is 1. The van der Waals surface area contributed by atoms with Crippen molar-refractivity contribution in [2.45, 2.75) is 13.0 Å². The minimum absolute atomic E-state index is 0.0868. The first-order valence-electron chi connectivity index (χ1n) is 5.44. The molecule has 2 N–H and O–H groups in total. The van der Waals surface area contributed by atoms with Crippen LogP contribution in [0, 0.1) is 11.7 Å². The summed E-state index contributed by atoms with van der Waals surface area (Å²) in [6.07, 6.45) is 0. The zero-order valence-electron chi connectivity index (χ0n) is 9.43. The second kappa shape index (κ2) is 4.33. The fourth-order valence-corrected chi connectivity index (χ4v) is 2.05. The molecule has 5 heteroatoms. The van der Waals surface area contributed by atoms with Gasteiger partial charge < -0.3 is 10.2 Å². The molecule has 1 aliphatic rings. The number of aromatic hydroxyl groups is 1. The molecule has 0 aliphatic carbocycles. The van der Waals surface area contributed by atoms with Gasteiger partial charge in [-0.1, -0.05) is 6.07 Å². The second-order valence-corrected chi connectivity index (χ2v) is 4.37. The number of nitrogens with zero attached hydrogens (tertiary/aromatic N) is 1. The van der Waals surface area contributed by atoms with Gasteiger partial charge in [0.05, 0.1) is 5.92 Å². The van der Waals surface area contributed by atoms with Crippen LogP contribution in [0.25, 0.3) is 0 Å². The molecule has 0 amide bonds. The summed E-state index contributed by atoms with van der Waals surface area (Å²) >= 11 is 0. The van der Waals surface area contributed by atoms with Crippen LogP contribution >= 0.6 is 0 Å². The van der Waals surface area contributed by atoms with E-state index in [9.17, 15) is 14.3 Å². The molecule has 1 fully saturated rings. The predicted octanol–water partition coefficient (Wildman–Crippen LogP) is 1.61. The number of hydrogen-bond acceptors (Lipinski definition) is 3. The molecule has 2 rings (SSSR count). The van der Waals surface area contributed by atoms with Gasteiger partial charge in [0.15, 0.2) is 0 Å². The van der Waals surface area contributed by atoms with Crippen LogP contribution in [0.4, 0.5) is 4.39 Å². The monoisotopic (exact) mass is 239 g/mol. The van der Waals surface area contributed by atoms with Crippen molar-refractivity contribution in [2.75, 3.05) is 13.1 Å². The van der Waals surface area contributed by atoms with E-state index in [1.165, 1.54) is 12.1 Å². The topological polar surface area (TPSA) is 60.8 Å². The first-order chi connectivity index (χ1) is 7.99. The molecule has 92 valence electrons. The number of carboxylic acids is 1. The van der Waals surface area contributed by atoms with Gasteiger partial charge in [-0.3, -0.25) is 9.69 Å². The Hall–Kier alpha value is -1.62. The molecule has 1 aromatic carbocycles. The van der Waals surface area contributed by atoms with Crippen LogP contribution in [0.15, 0.2) is 18.2 Å². The number of phenolic OH excluding ortho intramolecular Hbond substituents is 1. The van der Waals surface area contributed by atoms with Crippen LogP contribution in [-0.2, 0) is 4.79 Å². The maximum absolute atomic E-state index is 12.8. The molecule has 4 nitrogen and oxygen atoms in total. The largest absolute Gasteiger partial charge is 0.508 e. The van der Waals surface area contributed by atoms with Crippen LogP contribution in [0.5, 0.6) is 5.75 Å². The Balaban J connectivity index is 2.06. The number of halogens is 1. The molecule has 1 atom stereocenters. The van der Waals surface area contributed by atoms with Crippen LogP contribution in [-0.4, -0.2) is 34.2 Å². The fraction of sp³-hybridized carbons (Fsp3) is 0.417.